The summed E-state index contributed by atoms with van der Waals surface area (Å²) in [5.74, 6) is -0.0249. The summed E-state index contributed by atoms with van der Waals surface area (Å²) in [4.78, 5) is 21.9. The first kappa shape index (κ1) is 17.7. The number of methoxy groups -OCH3 is 1. The molecule has 0 aliphatic heterocycles. The summed E-state index contributed by atoms with van der Waals surface area (Å²) in [5.41, 5.74) is 2.84. The Labute approximate surface area is 143 Å². The highest BCUT2D eigenvalue weighted by molar-refractivity contribution is 5.87. The molecule has 0 aromatic heterocycles. The van der Waals surface area contributed by atoms with E-state index in [0.29, 0.717) is 11.4 Å². The first-order valence-electron chi connectivity index (χ1n) is 7.17. The lowest BCUT2D eigenvalue weighted by Gasteiger charge is -2.09. The van der Waals surface area contributed by atoms with Gasteiger partial charge >= 0.3 is 0 Å². The summed E-state index contributed by atoms with van der Waals surface area (Å²) < 4.78 is 5.15. The zero-order chi connectivity index (χ0) is 18.2. The van der Waals surface area contributed by atoms with Crippen LogP contribution in [0.3, 0.4) is 0 Å². The molecule has 0 radical (unpaired) electrons. The fourth-order valence-electron chi connectivity index (χ4n) is 1.94. The molecule has 25 heavy (non-hydrogen) atoms. The maximum absolute atomic E-state index is 11.8. The van der Waals surface area contributed by atoms with Gasteiger partial charge in [0.25, 0.3) is 11.6 Å². The number of rotatable bonds is 7. The molecule has 0 atom stereocenters. The van der Waals surface area contributed by atoms with Crippen molar-refractivity contribution in [2.45, 2.75) is 0 Å². The Morgan fingerprint density at radius 3 is 2.84 bits per heavy atom. The number of phenols is 1. The molecule has 0 spiro atoms. The van der Waals surface area contributed by atoms with Crippen molar-refractivity contribution in [1.82, 2.24) is 5.43 Å². The highest BCUT2D eigenvalue weighted by atomic mass is 16.6. The number of carbonyl (C=O) groups is 1. The van der Waals surface area contributed by atoms with E-state index in [2.05, 4.69) is 15.8 Å². The van der Waals surface area contributed by atoms with Gasteiger partial charge in [0.15, 0.2) is 0 Å². The molecular weight excluding hydrogens is 328 g/mol. The normalized spacial score (nSPS) is 10.4. The monoisotopic (exact) mass is 344 g/mol. The quantitative estimate of drug-likeness (QED) is 0.400. The summed E-state index contributed by atoms with van der Waals surface area (Å²) in [7, 11) is 1.52. The van der Waals surface area contributed by atoms with E-state index in [0.717, 1.165) is 12.3 Å². The summed E-state index contributed by atoms with van der Waals surface area (Å²) in [6, 6.07) is 10.6. The number of ether oxygens (including phenoxy) is 1. The van der Waals surface area contributed by atoms with E-state index in [1.807, 2.05) is 0 Å². The molecule has 0 saturated heterocycles. The van der Waals surface area contributed by atoms with Crippen molar-refractivity contribution in [2.24, 2.45) is 5.10 Å². The van der Waals surface area contributed by atoms with Crippen LogP contribution < -0.4 is 15.5 Å². The van der Waals surface area contributed by atoms with E-state index in [1.165, 1.54) is 19.2 Å². The van der Waals surface area contributed by atoms with E-state index in [1.54, 1.807) is 24.3 Å². The van der Waals surface area contributed by atoms with E-state index >= 15 is 0 Å². The highest BCUT2D eigenvalue weighted by Crippen LogP contribution is 2.22. The van der Waals surface area contributed by atoms with Crippen LogP contribution in [-0.4, -0.2) is 35.8 Å². The fourth-order valence-corrected chi connectivity index (χ4v) is 1.94. The average molecular weight is 344 g/mol. The average Bonchev–Trinajstić information content (AvgIpc) is 2.61. The van der Waals surface area contributed by atoms with E-state index < -0.39 is 10.8 Å². The molecule has 9 nitrogen and oxygen atoms in total. The Balaban J connectivity index is 1.92. The van der Waals surface area contributed by atoms with Gasteiger partial charge in [-0.15, -0.1) is 0 Å². The summed E-state index contributed by atoms with van der Waals surface area (Å²) >= 11 is 0. The number of nitro groups is 1. The molecule has 2 aromatic carbocycles. The van der Waals surface area contributed by atoms with Crippen molar-refractivity contribution >= 4 is 23.5 Å². The van der Waals surface area contributed by atoms with Crippen LogP contribution in [0.2, 0.25) is 0 Å². The minimum Gasteiger partial charge on any atom is -0.507 e. The molecule has 0 saturated carbocycles. The lowest BCUT2D eigenvalue weighted by atomic mass is 10.2. The minimum absolute atomic E-state index is 0.0569. The third-order valence-electron chi connectivity index (χ3n) is 3.16. The van der Waals surface area contributed by atoms with E-state index in [9.17, 15) is 20.0 Å². The zero-order valence-corrected chi connectivity index (χ0v) is 13.3. The molecule has 0 bridgehead atoms. The van der Waals surface area contributed by atoms with Crippen molar-refractivity contribution in [3.8, 4) is 11.5 Å². The molecular formula is C16H16N4O5. The molecule has 9 heteroatoms. The van der Waals surface area contributed by atoms with Crippen molar-refractivity contribution < 1.29 is 19.6 Å². The predicted octanol–water partition coefficient (Wildman–Crippen LogP) is 1.87. The van der Waals surface area contributed by atoms with Crippen molar-refractivity contribution in [3.05, 3.63) is 58.1 Å². The van der Waals surface area contributed by atoms with Crippen LogP contribution >= 0.6 is 0 Å². The molecule has 0 aliphatic carbocycles. The van der Waals surface area contributed by atoms with Gasteiger partial charge in [0.1, 0.15) is 11.5 Å². The Morgan fingerprint density at radius 2 is 2.12 bits per heavy atom. The number of carbonyl (C=O) groups excluding carboxylic acids is 1. The highest BCUT2D eigenvalue weighted by Gasteiger charge is 2.09. The van der Waals surface area contributed by atoms with Gasteiger partial charge in [-0.05, 0) is 18.2 Å². The zero-order valence-electron chi connectivity index (χ0n) is 13.3. The Kier molecular flexibility index (Phi) is 5.88. The Bertz CT molecular complexity index is 807. The summed E-state index contributed by atoms with van der Waals surface area (Å²) in [6.07, 6.45) is 1.13. The number of nitro benzene ring substituents is 1. The number of phenolic OH excluding ortho intramolecular Hbond substituents is 1. The smallest absolute Gasteiger partial charge is 0.270 e. The van der Waals surface area contributed by atoms with Crippen molar-refractivity contribution in [2.75, 3.05) is 19.0 Å². The minimum atomic E-state index is -0.591. The fraction of sp³-hybridized carbons (Fsp3) is 0.125. The number of hydrogen-bond acceptors (Lipinski definition) is 7. The van der Waals surface area contributed by atoms with Crippen LogP contribution in [0, 0.1) is 10.1 Å². The van der Waals surface area contributed by atoms with Gasteiger partial charge in [0.05, 0.1) is 30.5 Å². The second-order valence-electron chi connectivity index (χ2n) is 4.85. The number of non-ortho nitro benzene ring substituents is 1. The lowest BCUT2D eigenvalue weighted by molar-refractivity contribution is -0.384. The first-order chi connectivity index (χ1) is 12.0. The number of amides is 1. The maximum Gasteiger partial charge on any atom is 0.270 e. The van der Waals surface area contributed by atoms with Gasteiger partial charge in [-0.1, -0.05) is 12.1 Å². The van der Waals surface area contributed by atoms with Gasteiger partial charge in [-0.3, -0.25) is 14.9 Å². The van der Waals surface area contributed by atoms with Gasteiger partial charge in [-0.2, -0.15) is 5.10 Å². The molecule has 1 amide bonds. The molecule has 0 unspecified atom stereocenters. The molecule has 2 aromatic rings. The third kappa shape index (κ3) is 4.93. The summed E-state index contributed by atoms with van der Waals surface area (Å²) in [6.45, 7) is -0.0569. The second-order valence-corrected chi connectivity index (χ2v) is 4.85. The van der Waals surface area contributed by atoms with Crippen molar-refractivity contribution in [3.63, 3.8) is 0 Å². The van der Waals surface area contributed by atoms with Gasteiger partial charge in [-0.25, -0.2) is 5.43 Å². The second kappa shape index (κ2) is 8.29. The van der Waals surface area contributed by atoms with Crippen LogP contribution in [0.4, 0.5) is 11.4 Å². The number of aromatic hydroxyl groups is 1. The van der Waals surface area contributed by atoms with Crippen LogP contribution in [0.25, 0.3) is 0 Å². The molecule has 0 heterocycles. The standard InChI is InChI=1S/C16H16N4O5/c1-25-15-5-3-2-4-13(15)17-10-16(22)19-18-9-11-8-12(20(23)24)6-7-14(11)21/h2-9,17,21H,10H2,1H3,(H,19,22)/b18-9-. The Morgan fingerprint density at radius 1 is 1.36 bits per heavy atom. The first-order valence-corrected chi connectivity index (χ1v) is 7.17. The topological polar surface area (TPSA) is 126 Å². The van der Waals surface area contributed by atoms with E-state index in [4.69, 9.17) is 4.74 Å². The molecule has 0 fully saturated rings. The number of benzene rings is 2. The van der Waals surface area contributed by atoms with Crippen LogP contribution in [0.1, 0.15) is 5.56 Å². The van der Waals surface area contributed by atoms with Crippen molar-refractivity contribution in [1.29, 1.82) is 0 Å². The van der Waals surface area contributed by atoms with Gasteiger partial charge in [0.2, 0.25) is 0 Å². The van der Waals surface area contributed by atoms with Gasteiger partial charge < -0.3 is 15.2 Å². The number of nitrogens with one attached hydrogen (secondary N) is 2. The molecule has 0 aliphatic rings. The number of anilines is 1. The number of para-hydroxylation sites is 2. The number of hydrogen-bond donors (Lipinski definition) is 3. The lowest BCUT2D eigenvalue weighted by Crippen LogP contribution is -2.26. The third-order valence-corrected chi connectivity index (χ3v) is 3.16. The van der Waals surface area contributed by atoms with Crippen LogP contribution in [0.5, 0.6) is 11.5 Å². The number of nitrogens with zero attached hydrogens (tertiary/aromatic N) is 2. The number of hydrazone groups is 1. The summed E-state index contributed by atoms with van der Waals surface area (Å²) in [5, 5.41) is 26.9. The van der Waals surface area contributed by atoms with Crippen LogP contribution in [0.15, 0.2) is 47.6 Å². The predicted molar refractivity (Wildman–Crippen MR) is 92.0 cm³/mol. The van der Waals surface area contributed by atoms with Gasteiger partial charge in [0, 0.05) is 17.7 Å². The molecule has 2 rings (SSSR count). The Hall–Kier alpha value is -3.62. The molecule has 130 valence electrons. The van der Waals surface area contributed by atoms with E-state index in [-0.39, 0.29) is 23.5 Å². The SMILES string of the molecule is COc1ccccc1NCC(=O)N/N=C\c1cc([N+](=O)[O-])ccc1O. The molecule has 3 N–H and O–H groups in total. The van der Waals surface area contributed by atoms with Crippen LogP contribution in [-0.2, 0) is 4.79 Å². The largest absolute Gasteiger partial charge is 0.507 e. The maximum atomic E-state index is 11.8.